The fourth-order valence-corrected chi connectivity index (χ4v) is 1.75. The van der Waals surface area contributed by atoms with Crippen LogP contribution in [0.4, 0.5) is 13.2 Å². The molecule has 0 aliphatic heterocycles. The lowest BCUT2D eigenvalue weighted by molar-refractivity contribution is -0.688. The van der Waals surface area contributed by atoms with Gasteiger partial charge >= 0.3 is 17.4 Å². The van der Waals surface area contributed by atoms with E-state index >= 15 is 0 Å². The van der Waals surface area contributed by atoms with Gasteiger partial charge in [-0.15, -0.1) is 0 Å². The average molecular weight is 306 g/mol. The Kier molecular flexibility index (Phi) is 5.32. The van der Waals surface area contributed by atoms with Gasteiger partial charge in [-0.2, -0.15) is 18.0 Å². The van der Waals surface area contributed by atoms with Crippen molar-refractivity contribution in [3.8, 4) is 0 Å². The van der Waals surface area contributed by atoms with Gasteiger partial charge in [0.2, 0.25) is 6.21 Å². The first-order chi connectivity index (χ1) is 9.17. The Morgan fingerprint density at radius 1 is 1.20 bits per heavy atom. The first-order valence-electron chi connectivity index (χ1n) is 5.36. The van der Waals surface area contributed by atoms with Crippen LogP contribution in [0.5, 0.6) is 0 Å². The standard InChI is InChI=1S/C12H11F3NO3S/c1-8(17)16(19-9(2)18)7-10-3-5-11(6-4-10)20-12(13,14)15/h3-7H,1-2H3/q+1. The molecule has 0 aliphatic carbocycles. The van der Waals surface area contributed by atoms with E-state index in [1.54, 1.807) is 0 Å². The highest BCUT2D eigenvalue weighted by Gasteiger charge is 2.29. The minimum atomic E-state index is -4.35. The Hall–Kier alpha value is -1.83. The van der Waals surface area contributed by atoms with Crippen LogP contribution in [-0.2, 0) is 14.4 Å². The molecule has 20 heavy (non-hydrogen) atoms. The van der Waals surface area contributed by atoms with Gasteiger partial charge < -0.3 is 0 Å². The van der Waals surface area contributed by atoms with Crippen LogP contribution in [0.1, 0.15) is 19.4 Å². The molecule has 0 radical (unpaired) electrons. The molecule has 8 heteroatoms. The normalized spacial score (nSPS) is 12.2. The summed E-state index contributed by atoms with van der Waals surface area (Å²) in [4.78, 5) is 26.7. The third-order valence-corrected chi connectivity index (χ3v) is 2.66. The number of carbonyl (C=O) groups excluding carboxylic acids is 2. The van der Waals surface area contributed by atoms with E-state index in [-0.39, 0.29) is 16.7 Å². The van der Waals surface area contributed by atoms with Crippen LogP contribution in [0.15, 0.2) is 29.2 Å². The monoisotopic (exact) mass is 306 g/mol. The summed E-state index contributed by atoms with van der Waals surface area (Å²) < 4.78 is 37.2. The average Bonchev–Trinajstić information content (AvgIpc) is 2.28. The molecule has 1 rings (SSSR count). The second-order valence-electron chi connectivity index (χ2n) is 3.67. The van der Waals surface area contributed by atoms with Crippen LogP contribution in [-0.4, -0.2) is 28.3 Å². The summed E-state index contributed by atoms with van der Waals surface area (Å²) in [5.74, 6) is -1.21. The van der Waals surface area contributed by atoms with Crippen molar-refractivity contribution in [1.82, 2.24) is 0 Å². The van der Waals surface area contributed by atoms with Crippen LogP contribution >= 0.6 is 11.8 Å². The minimum absolute atomic E-state index is 0.0245. The van der Waals surface area contributed by atoms with E-state index in [0.29, 0.717) is 10.3 Å². The molecule has 0 aromatic heterocycles. The zero-order chi connectivity index (χ0) is 15.3. The maximum atomic E-state index is 12.1. The fourth-order valence-electron chi connectivity index (χ4n) is 1.21. The van der Waals surface area contributed by atoms with Gasteiger partial charge in [-0.05, 0) is 36.0 Å². The number of halogens is 3. The van der Waals surface area contributed by atoms with Crippen molar-refractivity contribution >= 4 is 29.9 Å². The van der Waals surface area contributed by atoms with Crippen LogP contribution in [0, 0.1) is 0 Å². The molecule has 0 spiro atoms. The van der Waals surface area contributed by atoms with Gasteiger partial charge in [0.25, 0.3) is 0 Å². The van der Waals surface area contributed by atoms with E-state index in [0.717, 1.165) is 6.92 Å². The van der Waals surface area contributed by atoms with Gasteiger partial charge in [-0.1, -0.05) is 0 Å². The van der Waals surface area contributed by atoms with Crippen molar-refractivity contribution in [2.75, 3.05) is 0 Å². The summed E-state index contributed by atoms with van der Waals surface area (Å²) >= 11 is -0.235. The number of hydrogen-bond acceptors (Lipinski definition) is 4. The molecule has 0 aliphatic rings. The Balaban J connectivity index is 2.91. The molecule has 1 aromatic rings. The Morgan fingerprint density at radius 2 is 1.75 bits per heavy atom. The van der Waals surface area contributed by atoms with E-state index in [1.165, 1.54) is 37.4 Å². The van der Waals surface area contributed by atoms with Gasteiger partial charge in [0.1, 0.15) is 0 Å². The van der Waals surface area contributed by atoms with Gasteiger partial charge in [0.15, 0.2) is 0 Å². The van der Waals surface area contributed by atoms with Gasteiger partial charge in [0.05, 0.1) is 11.7 Å². The molecule has 0 heterocycles. The Labute approximate surface area is 117 Å². The predicted molar refractivity (Wildman–Crippen MR) is 66.2 cm³/mol. The van der Waals surface area contributed by atoms with E-state index in [2.05, 4.69) is 4.84 Å². The molecule has 108 valence electrons. The summed E-state index contributed by atoms with van der Waals surface area (Å²) in [5, 5.41) is 0. The first kappa shape index (κ1) is 16.2. The zero-order valence-corrected chi connectivity index (χ0v) is 11.4. The Bertz CT molecular complexity index is 538. The molecule has 0 saturated heterocycles. The molecule has 1 aromatic carbocycles. The highest BCUT2D eigenvalue weighted by molar-refractivity contribution is 8.00. The largest absolute Gasteiger partial charge is 0.446 e. The number of benzene rings is 1. The first-order valence-corrected chi connectivity index (χ1v) is 6.18. The molecule has 1 amide bonds. The number of amides is 1. The third-order valence-electron chi connectivity index (χ3n) is 1.92. The number of rotatable bonds is 2. The second kappa shape index (κ2) is 6.56. The highest BCUT2D eigenvalue weighted by Crippen LogP contribution is 2.36. The highest BCUT2D eigenvalue weighted by atomic mass is 32.2. The molecular weight excluding hydrogens is 295 g/mol. The summed E-state index contributed by atoms with van der Waals surface area (Å²) in [5.41, 5.74) is -3.93. The maximum Gasteiger partial charge on any atom is 0.446 e. The summed E-state index contributed by atoms with van der Waals surface area (Å²) in [6.45, 7) is 2.32. The van der Waals surface area contributed by atoms with E-state index in [9.17, 15) is 22.8 Å². The van der Waals surface area contributed by atoms with Gasteiger partial charge in [-0.25, -0.2) is 9.59 Å². The van der Waals surface area contributed by atoms with Crippen LogP contribution in [0.25, 0.3) is 0 Å². The summed E-state index contributed by atoms with van der Waals surface area (Å²) in [6.07, 6.45) is 1.21. The lowest BCUT2D eigenvalue weighted by Crippen LogP contribution is -2.22. The van der Waals surface area contributed by atoms with Crippen molar-refractivity contribution < 1.29 is 32.3 Å². The summed E-state index contributed by atoms with van der Waals surface area (Å²) in [7, 11) is 0. The molecule has 0 unspecified atom stereocenters. The van der Waals surface area contributed by atoms with E-state index in [4.69, 9.17) is 0 Å². The predicted octanol–water partition coefficient (Wildman–Crippen LogP) is 2.75. The van der Waals surface area contributed by atoms with Crippen molar-refractivity contribution in [3.05, 3.63) is 29.8 Å². The molecule has 0 saturated carbocycles. The lowest BCUT2D eigenvalue weighted by Gasteiger charge is -2.04. The summed E-state index contributed by atoms with van der Waals surface area (Å²) in [6, 6.07) is 5.28. The number of thioether (sulfide) groups is 1. The SMILES string of the molecule is CC(=O)O[N+](=Cc1ccc(SC(F)(F)F)cc1)C(C)=O. The van der Waals surface area contributed by atoms with Gasteiger partial charge in [-0.3, -0.25) is 0 Å². The molecular formula is C12H11F3NO3S+. The van der Waals surface area contributed by atoms with Crippen molar-refractivity contribution in [3.63, 3.8) is 0 Å². The molecule has 0 atom stereocenters. The number of alkyl halides is 3. The van der Waals surface area contributed by atoms with Crippen molar-refractivity contribution in [2.45, 2.75) is 24.3 Å². The Morgan fingerprint density at radius 3 is 2.15 bits per heavy atom. The van der Waals surface area contributed by atoms with Crippen LogP contribution in [0.2, 0.25) is 0 Å². The molecule has 0 bridgehead atoms. The maximum absolute atomic E-state index is 12.1. The number of carbonyl (C=O) groups is 2. The van der Waals surface area contributed by atoms with Crippen molar-refractivity contribution in [2.24, 2.45) is 0 Å². The van der Waals surface area contributed by atoms with Crippen LogP contribution in [0.3, 0.4) is 0 Å². The number of hydrogen-bond donors (Lipinski definition) is 0. The minimum Gasteiger partial charge on any atom is -0.245 e. The zero-order valence-electron chi connectivity index (χ0n) is 10.6. The van der Waals surface area contributed by atoms with E-state index < -0.39 is 17.4 Å². The topological polar surface area (TPSA) is 46.4 Å². The van der Waals surface area contributed by atoms with Crippen LogP contribution < -0.4 is 0 Å². The quantitative estimate of drug-likeness (QED) is 0.277. The fraction of sp³-hybridized carbons (Fsp3) is 0.250. The van der Waals surface area contributed by atoms with E-state index in [1.807, 2.05) is 0 Å². The molecule has 0 fully saturated rings. The smallest absolute Gasteiger partial charge is 0.245 e. The van der Waals surface area contributed by atoms with Gasteiger partial charge in [0, 0.05) is 17.4 Å². The lowest BCUT2D eigenvalue weighted by atomic mass is 10.2. The second-order valence-corrected chi connectivity index (χ2v) is 4.81. The number of hydroxylamine groups is 1. The third kappa shape index (κ3) is 5.87. The number of nitrogens with zero attached hydrogens (tertiary/aromatic N) is 1. The molecule has 4 nitrogen and oxygen atoms in total. The van der Waals surface area contributed by atoms with Crippen molar-refractivity contribution in [1.29, 1.82) is 0 Å². The molecule has 0 N–H and O–H groups in total.